The van der Waals surface area contributed by atoms with Crippen molar-refractivity contribution in [1.82, 2.24) is 14.9 Å². The highest BCUT2D eigenvalue weighted by atomic mass is 35.5. The van der Waals surface area contributed by atoms with Crippen LogP contribution < -0.4 is 10.0 Å². The van der Waals surface area contributed by atoms with Crippen LogP contribution in [-0.2, 0) is 54.6 Å². The molecule has 1 amide bonds. The van der Waals surface area contributed by atoms with Gasteiger partial charge in [0, 0.05) is 61.8 Å². The number of nitrogens with zero attached hydrogens (tertiary/aromatic N) is 1. The zero-order valence-corrected chi connectivity index (χ0v) is 35.3. The Kier molecular flexibility index (Phi) is 23.6. The maximum absolute atomic E-state index is 13.1. The van der Waals surface area contributed by atoms with Gasteiger partial charge in [0.05, 0.1) is 71.0 Å². The molecule has 2 aromatic carbocycles. The fourth-order valence-corrected chi connectivity index (χ4v) is 7.49. The van der Waals surface area contributed by atoms with Crippen LogP contribution in [0.1, 0.15) is 55.2 Å². The largest absolute Gasteiger partial charge is 0.382 e. The van der Waals surface area contributed by atoms with Crippen LogP contribution in [0.2, 0.25) is 10.0 Å². The monoisotopic (exact) mass is 863 g/mol. The van der Waals surface area contributed by atoms with Crippen LogP contribution >= 0.6 is 23.2 Å². The van der Waals surface area contributed by atoms with Gasteiger partial charge in [-0.2, -0.15) is 0 Å². The van der Waals surface area contributed by atoms with Crippen molar-refractivity contribution in [3.8, 4) is 0 Å². The van der Waals surface area contributed by atoms with Crippen LogP contribution in [0.3, 0.4) is 0 Å². The highest BCUT2D eigenvalue weighted by Crippen LogP contribution is 2.38. The maximum Gasteiger partial charge on any atom is 0.252 e. The van der Waals surface area contributed by atoms with E-state index in [9.17, 15) is 28.2 Å². The molecule has 0 radical (unpaired) electrons. The molecule has 0 aliphatic carbocycles. The Morgan fingerprint density at radius 2 is 1.39 bits per heavy atom. The predicted molar refractivity (Wildman–Crippen MR) is 215 cm³/mol. The van der Waals surface area contributed by atoms with Gasteiger partial charge in [0.15, 0.2) is 11.9 Å². The Balaban J connectivity index is 1.18. The van der Waals surface area contributed by atoms with E-state index in [4.69, 9.17) is 51.6 Å². The van der Waals surface area contributed by atoms with E-state index in [0.29, 0.717) is 56.0 Å². The molecule has 1 aliphatic heterocycles. The molecule has 57 heavy (non-hydrogen) atoms. The van der Waals surface area contributed by atoms with Crippen molar-refractivity contribution >= 4 is 44.9 Å². The van der Waals surface area contributed by atoms with Crippen LogP contribution in [0.15, 0.2) is 41.3 Å². The average Bonchev–Trinajstić information content (AvgIpc) is 3.19. The van der Waals surface area contributed by atoms with Gasteiger partial charge in [0.25, 0.3) is 5.91 Å². The summed E-state index contributed by atoms with van der Waals surface area (Å²) in [7, 11) is -1.80. The van der Waals surface area contributed by atoms with Crippen molar-refractivity contribution in [2.75, 3.05) is 106 Å². The molecule has 0 saturated carbocycles. The summed E-state index contributed by atoms with van der Waals surface area (Å²) >= 11 is 12.8. The molecule has 3 atom stereocenters. The number of nitrogens with one attached hydrogen (secondary N) is 2. The molecular weight excluding hydrogens is 805 g/mol. The fourth-order valence-electron chi connectivity index (χ4n) is 5.86. The van der Waals surface area contributed by atoms with Crippen LogP contribution in [0.4, 0.5) is 0 Å². The number of benzene rings is 2. The van der Waals surface area contributed by atoms with Crippen molar-refractivity contribution in [2.45, 2.75) is 62.2 Å². The minimum Gasteiger partial charge on any atom is -0.382 e. The first-order valence-corrected chi connectivity index (χ1v) is 21.6. The lowest BCUT2D eigenvalue weighted by Crippen LogP contribution is -2.46. The Bertz CT molecular complexity index is 1610. The molecule has 15 nitrogen and oxygen atoms in total. The normalized spacial score (nSPS) is 15.6. The number of Topliss-reactive ketones (excluding diaryl/α,β-unsaturated/α-hetero) is 1. The van der Waals surface area contributed by atoms with E-state index in [1.807, 2.05) is 19.2 Å². The molecule has 0 bridgehead atoms. The van der Waals surface area contributed by atoms with E-state index < -0.39 is 33.9 Å². The second kappa shape index (κ2) is 27.5. The molecule has 1 unspecified atom stereocenters. The molecule has 0 fully saturated rings. The summed E-state index contributed by atoms with van der Waals surface area (Å²) in [4.78, 5) is 26.6. The van der Waals surface area contributed by atoms with Crippen molar-refractivity contribution in [3.63, 3.8) is 0 Å². The lowest BCUT2D eigenvalue weighted by molar-refractivity contribution is -0.145. The third-order valence-corrected chi connectivity index (χ3v) is 10.9. The van der Waals surface area contributed by atoms with E-state index in [1.165, 1.54) is 0 Å². The molecule has 3 rings (SSSR count). The number of unbranched alkanes of at least 4 members (excludes halogenated alkanes) is 1. The Morgan fingerprint density at radius 1 is 0.807 bits per heavy atom. The molecule has 18 heteroatoms. The summed E-state index contributed by atoms with van der Waals surface area (Å²) in [5.74, 6) is -1.64. The molecule has 2 aromatic rings. The number of rotatable bonds is 31. The van der Waals surface area contributed by atoms with Gasteiger partial charge in [0.1, 0.15) is 6.10 Å². The van der Waals surface area contributed by atoms with Crippen LogP contribution in [0.5, 0.6) is 0 Å². The number of ketones is 1. The number of amides is 1. The van der Waals surface area contributed by atoms with E-state index >= 15 is 0 Å². The quantitative estimate of drug-likeness (QED) is 0.0811. The standard InChI is InChI=1S/C39H59Cl2N3O12S/c1-3-4-12-51-16-20-55-21-17-52-13-6-9-36(45)37(46)38(47)39(48)42-10-14-53-18-22-56-23-19-54-15-11-43-57(49,50)31-8-5-7-29(24-31)33-27-44(2)28-34-32(33)25-30(40)26-35(34)41/h5,7-8,24-26,33,37-38,43,46-47H,3-4,6,9-23,27-28H2,1-2H3,(H,42,48)/t33?,37-,38-/m0/s1. The Hall–Kier alpha value is -2.29. The number of carbonyl (C=O) groups is 2. The first-order valence-electron chi connectivity index (χ1n) is 19.3. The molecule has 0 aromatic heterocycles. The van der Waals surface area contributed by atoms with Crippen LogP contribution in [-0.4, -0.2) is 153 Å². The Labute approximate surface area is 346 Å². The summed E-state index contributed by atoms with van der Waals surface area (Å²) < 4.78 is 61.2. The van der Waals surface area contributed by atoms with Gasteiger partial charge in [-0.1, -0.05) is 48.7 Å². The van der Waals surface area contributed by atoms with Gasteiger partial charge < -0.3 is 48.9 Å². The van der Waals surface area contributed by atoms with E-state index in [1.54, 1.807) is 24.3 Å². The summed E-state index contributed by atoms with van der Waals surface area (Å²) in [6.45, 7) is 7.59. The lowest BCUT2D eigenvalue weighted by Gasteiger charge is -2.33. The second-order valence-electron chi connectivity index (χ2n) is 13.5. The number of aliphatic hydroxyl groups is 2. The van der Waals surface area contributed by atoms with Gasteiger partial charge in [-0.25, -0.2) is 13.1 Å². The predicted octanol–water partition coefficient (Wildman–Crippen LogP) is 2.94. The zero-order chi connectivity index (χ0) is 41.5. The topological polar surface area (TPSA) is 191 Å². The maximum atomic E-state index is 13.1. The summed E-state index contributed by atoms with van der Waals surface area (Å²) in [6, 6.07) is 10.5. The lowest BCUT2D eigenvalue weighted by atomic mass is 9.85. The minimum atomic E-state index is -3.79. The van der Waals surface area contributed by atoms with Gasteiger partial charge >= 0.3 is 0 Å². The number of hydrogen-bond acceptors (Lipinski definition) is 13. The number of ether oxygens (including phenoxy) is 6. The Morgan fingerprint density at radius 3 is 2.02 bits per heavy atom. The molecular formula is C39H59Cl2N3O12S. The number of fused-ring (bicyclic) bond motifs is 1. The average molecular weight is 865 g/mol. The first-order chi connectivity index (χ1) is 27.4. The summed E-state index contributed by atoms with van der Waals surface area (Å²) in [5, 5.41) is 23.7. The van der Waals surface area contributed by atoms with Gasteiger partial charge in [-0.3, -0.25) is 9.59 Å². The van der Waals surface area contributed by atoms with Crippen molar-refractivity contribution < 1.29 is 56.6 Å². The van der Waals surface area contributed by atoms with Crippen molar-refractivity contribution in [1.29, 1.82) is 0 Å². The smallest absolute Gasteiger partial charge is 0.252 e. The molecule has 0 spiro atoms. The van der Waals surface area contributed by atoms with Crippen molar-refractivity contribution in [2.24, 2.45) is 0 Å². The highest BCUT2D eigenvalue weighted by molar-refractivity contribution is 7.89. The zero-order valence-electron chi connectivity index (χ0n) is 32.9. The highest BCUT2D eigenvalue weighted by Gasteiger charge is 2.30. The number of sulfonamides is 1. The number of hydrogen-bond donors (Lipinski definition) is 4. The third-order valence-electron chi connectivity index (χ3n) is 8.89. The van der Waals surface area contributed by atoms with Crippen LogP contribution in [0.25, 0.3) is 0 Å². The molecule has 4 N–H and O–H groups in total. The van der Waals surface area contributed by atoms with Gasteiger partial charge in [0.2, 0.25) is 10.0 Å². The summed E-state index contributed by atoms with van der Waals surface area (Å²) in [5.41, 5.74) is 2.83. The second-order valence-corrected chi connectivity index (χ2v) is 16.1. The van der Waals surface area contributed by atoms with Crippen molar-refractivity contribution in [3.05, 3.63) is 63.1 Å². The van der Waals surface area contributed by atoms with Gasteiger partial charge in [-0.15, -0.1) is 0 Å². The number of aliphatic hydroxyl groups excluding tert-OH is 2. The number of halogens is 2. The number of likely N-dealkylation sites (N-methyl/N-ethyl adjacent to an activating group) is 1. The first kappa shape index (κ1) is 49.1. The third kappa shape index (κ3) is 18.2. The van der Waals surface area contributed by atoms with E-state index in [0.717, 1.165) is 36.1 Å². The minimum absolute atomic E-state index is 0.0521. The van der Waals surface area contributed by atoms with Crippen LogP contribution in [0, 0.1) is 0 Å². The molecule has 0 saturated heterocycles. The van der Waals surface area contributed by atoms with E-state index in [-0.39, 0.29) is 76.6 Å². The van der Waals surface area contributed by atoms with Gasteiger partial charge in [-0.05, 0) is 60.8 Å². The molecule has 1 heterocycles. The SMILES string of the molecule is CCCCOCCOCCOCCCC(=O)[C@H](O)[C@H](O)C(=O)NCCOCCOCCOCCNS(=O)(=O)c1cccc(C2CN(C)Cc3c(Cl)cc(Cl)cc32)c1. The summed E-state index contributed by atoms with van der Waals surface area (Å²) in [6.07, 6.45) is -1.36. The molecule has 1 aliphatic rings. The fraction of sp³-hybridized carbons (Fsp3) is 0.641. The molecule has 322 valence electrons. The number of carbonyl (C=O) groups excluding carboxylic acids is 2. The van der Waals surface area contributed by atoms with E-state index in [2.05, 4.69) is 21.9 Å².